The van der Waals surface area contributed by atoms with Gasteiger partial charge in [0.25, 0.3) is 6.43 Å². The second-order valence-electron chi connectivity index (χ2n) is 3.15. The maximum atomic E-state index is 12.6. The molecule has 0 aromatic carbocycles. The molecule has 0 bridgehead atoms. The topological polar surface area (TPSA) is 39.2 Å². The Morgan fingerprint density at radius 1 is 1.59 bits per heavy atom. The molecule has 0 amide bonds. The number of esters is 1. The molecule has 0 atom stereocenters. The quantitative estimate of drug-likeness (QED) is 0.630. The lowest BCUT2D eigenvalue weighted by molar-refractivity contribution is -0.139. The highest BCUT2D eigenvalue weighted by atomic mass is 35.5. The van der Waals surface area contributed by atoms with Crippen LogP contribution in [0.3, 0.4) is 0 Å². The zero-order chi connectivity index (χ0) is 13.0. The lowest BCUT2D eigenvalue weighted by Gasteiger charge is -2.09. The van der Waals surface area contributed by atoms with Crippen LogP contribution in [0, 0.1) is 0 Å². The molecule has 0 saturated heterocycles. The molecule has 0 aliphatic rings. The molecule has 0 aliphatic carbocycles. The van der Waals surface area contributed by atoms with Crippen LogP contribution in [-0.4, -0.2) is 18.1 Å². The molecule has 3 nitrogen and oxygen atoms in total. The van der Waals surface area contributed by atoms with Crippen molar-refractivity contribution in [2.75, 3.05) is 7.11 Å². The van der Waals surface area contributed by atoms with Crippen LogP contribution in [0.1, 0.15) is 23.4 Å². The number of hydrogen-bond acceptors (Lipinski definition) is 3. The number of hydrogen-bond donors (Lipinski definition) is 0. The van der Waals surface area contributed by atoms with E-state index in [9.17, 15) is 13.6 Å². The molecule has 0 aliphatic heterocycles. The lowest BCUT2D eigenvalue weighted by Crippen LogP contribution is -2.10. The highest BCUT2D eigenvalue weighted by molar-refractivity contribution is 6.31. The van der Waals surface area contributed by atoms with E-state index in [1.807, 2.05) is 0 Å². The molecule has 94 valence electrons. The van der Waals surface area contributed by atoms with Crippen molar-refractivity contribution in [2.24, 2.45) is 0 Å². The van der Waals surface area contributed by atoms with Gasteiger partial charge in [0, 0.05) is 5.88 Å². The molecular formula is C10H9Cl2F2NO2. The first kappa shape index (κ1) is 14.1. The summed E-state index contributed by atoms with van der Waals surface area (Å²) < 4.78 is 29.6. The third-order valence-electron chi connectivity index (χ3n) is 2.06. The fourth-order valence-corrected chi connectivity index (χ4v) is 1.70. The second-order valence-corrected chi connectivity index (χ2v) is 3.82. The van der Waals surface area contributed by atoms with Crippen molar-refractivity contribution in [3.63, 3.8) is 0 Å². The Hall–Kier alpha value is -0.940. The highest BCUT2D eigenvalue weighted by Crippen LogP contribution is 2.28. The monoisotopic (exact) mass is 283 g/mol. The van der Waals surface area contributed by atoms with Crippen molar-refractivity contribution >= 4 is 29.2 Å². The largest absolute Gasteiger partial charge is 0.469 e. The van der Waals surface area contributed by atoms with Gasteiger partial charge in [-0.1, -0.05) is 11.6 Å². The van der Waals surface area contributed by atoms with Gasteiger partial charge in [-0.05, 0) is 11.6 Å². The first-order chi connectivity index (χ1) is 7.99. The standard InChI is InChI=1S/C10H9Cl2F2NO2/c1-17-8(16)3-7-5(4-11)2-6(12)9(15-7)10(13)14/h2,10H,3-4H2,1H3. The number of halogens is 4. The summed E-state index contributed by atoms with van der Waals surface area (Å²) in [6.07, 6.45) is -3.02. The zero-order valence-electron chi connectivity index (χ0n) is 8.84. The van der Waals surface area contributed by atoms with E-state index in [-0.39, 0.29) is 23.0 Å². The zero-order valence-corrected chi connectivity index (χ0v) is 10.4. The number of rotatable bonds is 4. The number of carbonyl (C=O) groups excluding carboxylic acids is 1. The summed E-state index contributed by atoms with van der Waals surface area (Å²) in [5.74, 6) is -0.547. The fourth-order valence-electron chi connectivity index (χ4n) is 1.21. The van der Waals surface area contributed by atoms with Crippen molar-refractivity contribution in [3.05, 3.63) is 28.0 Å². The first-order valence-electron chi connectivity index (χ1n) is 4.58. The summed E-state index contributed by atoms with van der Waals surface area (Å²) in [6.45, 7) is 0. The summed E-state index contributed by atoms with van der Waals surface area (Å²) in [5, 5.41) is -0.163. The van der Waals surface area contributed by atoms with Crippen molar-refractivity contribution < 1.29 is 18.3 Å². The minimum absolute atomic E-state index is 0.0303. The van der Waals surface area contributed by atoms with E-state index < -0.39 is 18.1 Å². The maximum absolute atomic E-state index is 12.6. The number of ether oxygens (including phenoxy) is 1. The van der Waals surface area contributed by atoms with Crippen LogP contribution in [-0.2, 0) is 21.8 Å². The molecule has 0 fully saturated rings. The molecule has 0 N–H and O–H groups in total. The first-order valence-corrected chi connectivity index (χ1v) is 5.50. The van der Waals surface area contributed by atoms with Crippen LogP contribution in [0.4, 0.5) is 8.78 Å². The van der Waals surface area contributed by atoms with Gasteiger partial charge in [-0.15, -0.1) is 11.6 Å². The summed E-state index contributed by atoms with van der Waals surface area (Å²) in [5.41, 5.74) is 0.0393. The van der Waals surface area contributed by atoms with Gasteiger partial charge in [0.2, 0.25) is 0 Å². The average molecular weight is 284 g/mol. The predicted octanol–water partition coefficient (Wildman–Crippen LogP) is 3.13. The van der Waals surface area contributed by atoms with E-state index in [2.05, 4.69) is 9.72 Å². The van der Waals surface area contributed by atoms with Crippen LogP contribution in [0.2, 0.25) is 5.02 Å². The minimum atomic E-state index is -2.80. The number of pyridine rings is 1. The number of aromatic nitrogens is 1. The number of alkyl halides is 3. The second kappa shape index (κ2) is 6.12. The molecule has 1 aromatic heterocycles. The van der Waals surface area contributed by atoms with Gasteiger partial charge in [-0.2, -0.15) is 0 Å². The molecule has 1 rings (SSSR count). The third-order valence-corrected chi connectivity index (χ3v) is 2.65. The number of methoxy groups -OCH3 is 1. The Balaban J connectivity index is 3.16. The SMILES string of the molecule is COC(=O)Cc1nc(C(F)F)c(Cl)cc1CCl. The van der Waals surface area contributed by atoms with Crippen LogP contribution in [0.25, 0.3) is 0 Å². The molecule has 1 aromatic rings. The number of carbonyl (C=O) groups is 1. The molecule has 0 spiro atoms. The highest BCUT2D eigenvalue weighted by Gasteiger charge is 2.19. The van der Waals surface area contributed by atoms with E-state index in [4.69, 9.17) is 23.2 Å². The molecule has 1 heterocycles. The Kier molecular flexibility index (Phi) is 5.08. The van der Waals surface area contributed by atoms with Crippen molar-refractivity contribution in [2.45, 2.75) is 18.7 Å². The van der Waals surface area contributed by atoms with Gasteiger partial charge in [0.1, 0.15) is 5.69 Å². The van der Waals surface area contributed by atoms with Gasteiger partial charge < -0.3 is 4.74 Å². The van der Waals surface area contributed by atoms with Crippen molar-refractivity contribution in [3.8, 4) is 0 Å². The fraction of sp³-hybridized carbons (Fsp3) is 0.400. The lowest BCUT2D eigenvalue weighted by atomic mass is 10.1. The predicted molar refractivity (Wildman–Crippen MR) is 59.5 cm³/mol. The smallest absolute Gasteiger partial charge is 0.311 e. The van der Waals surface area contributed by atoms with E-state index in [0.717, 1.165) is 0 Å². The van der Waals surface area contributed by atoms with Gasteiger partial charge in [0.15, 0.2) is 0 Å². The normalized spacial score (nSPS) is 10.7. The molecule has 0 saturated carbocycles. The van der Waals surface area contributed by atoms with E-state index in [1.165, 1.54) is 13.2 Å². The molecule has 0 unspecified atom stereocenters. The minimum Gasteiger partial charge on any atom is -0.469 e. The molecular weight excluding hydrogens is 275 g/mol. The average Bonchev–Trinajstić information content (AvgIpc) is 2.30. The van der Waals surface area contributed by atoms with E-state index in [1.54, 1.807) is 0 Å². The van der Waals surface area contributed by atoms with E-state index in [0.29, 0.717) is 5.56 Å². The number of nitrogens with zero attached hydrogens (tertiary/aromatic N) is 1. The summed E-state index contributed by atoms with van der Waals surface area (Å²) in [4.78, 5) is 14.8. The van der Waals surface area contributed by atoms with Gasteiger partial charge >= 0.3 is 5.97 Å². The van der Waals surface area contributed by atoms with Crippen LogP contribution >= 0.6 is 23.2 Å². The van der Waals surface area contributed by atoms with E-state index >= 15 is 0 Å². The van der Waals surface area contributed by atoms with Crippen LogP contribution < -0.4 is 0 Å². The van der Waals surface area contributed by atoms with Gasteiger partial charge in [-0.3, -0.25) is 4.79 Å². The van der Waals surface area contributed by atoms with Gasteiger partial charge in [0.05, 0.1) is 24.2 Å². The van der Waals surface area contributed by atoms with Crippen LogP contribution in [0.5, 0.6) is 0 Å². The van der Waals surface area contributed by atoms with Crippen LogP contribution in [0.15, 0.2) is 6.07 Å². The summed E-state index contributed by atoms with van der Waals surface area (Å²) >= 11 is 11.3. The van der Waals surface area contributed by atoms with Gasteiger partial charge in [-0.25, -0.2) is 13.8 Å². The Bertz CT molecular complexity index is 427. The van der Waals surface area contributed by atoms with Crippen molar-refractivity contribution in [1.82, 2.24) is 4.98 Å². The molecule has 17 heavy (non-hydrogen) atoms. The Labute approximate surface area is 107 Å². The molecule has 7 heteroatoms. The summed E-state index contributed by atoms with van der Waals surface area (Å²) in [7, 11) is 1.20. The Morgan fingerprint density at radius 2 is 2.24 bits per heavy atom. The van der Waals surface area contributed by atoms with Crippen molar-refractivity contribution in [1.29, 1.82) is 0 Å². The Morgan fingerprint density at radius 3 is 2.71 bits per heavy atom. The molecule has 0 radical (unpaired) electrons. The summed E-state index contributed by atoms with van der Waals surface area (Å²) in [6, 6.07) is 1.29. The maximum Gasteiger partial charge on any atom is 0.311 e. The third kappa shape index (κ3) is 3.51.